The lowest BCUT2D eigenvalue weighted by molar-refractivity contribution is -0.122. The van der Waals surface area contributed by atoms with E-state index in [2.05, 4.69) is 28.1 Å². The molecular formula is C22H28ClIN4O. The molecule has 0 saturated heterocycles. The van der Waals surface area contributed by atoms with Crippen molar-refractivity contribution < 1.29 is 4.79 Å². The molecule has 0 bridgehead atoms. The van der Waals surface area contributed by atoms with Crippen LogP contribution in [0.3, 0.4) is 0 Å². The predicted molar refractivity (Wildman–Crippen MR) is 131 cm³/mol. The van der Waals surface area contributed by atoms with E-state index in [0.717, 1.165) is 47.1 Å². The Hall–Kier alpha value is -1.80. The molecule has 1 aliphatic rings. The third kappa shape index (κ3) is 7.51. The van der Waals surface area contributed by atoms with Crippen molar-refractivity contribution in [3.63, 3.8) is 0 Å². The monoisotopic (exact) mass is 526 g/mol. The fraction of sp³-hybridized carbons (Fsp3) is 0.364. The number of aliphatic imine (C=N–C) groups is 1. The Labute approximate surface area is 194 Å². The number of nitrogens with one attached hydrogen (secondary N) is 3. The molecule has 1 saturated carbocycles. The van der Waals surface area contributed by atoms with Crippen LogP contribution in [0.5, 0.6) is 0 Å². The Morgan fingerprint density at radius 2 is 1.72 bits per heavy atom. The van der Waals surface area contributed by atoms with Crippen molar-refractivity contribution in [3.05, 3.63) is 59.1 Å². The third-order valence-electron chi connectivity index (χ3n) is 4.59. The molecule has 0 aliphatic heterocycles. The Morgan fingerprint density at radius 1 is 1.03 bits per heavy atom. The number of carbonyl (C=O) groups is 1. The molecule has 0 aromatic heterocycles. The summed E-state index contributed by atoms with van der Waals surface area (Å²) in [6.07, 6.45) is 2.05. The van der Waals surface area contributed by atoms with E-state index in [0.29, 0.717) is 19.6 Å². The van der Waals surface area contributed by atoms with Crippen LogP contribution in [-0.4, -0.2) is 31.5 Å². The number of carbonyl (C=O) groups excluding carboxylic acids is 1. The first-order valence-electron chi connectivity index (χ1n) is 9.81. The highest BCUT2D eigenvalue weighted by molar-refractivity contribution is 14.0. The molecule has 2 aromatic carbocycles. The standard InChI is InChI=1S/C22H27ClN4O.HI/c1-2-24-22(26-14-13-25-21(28)17-7-8-17)27-15-18-5-3-4-6-20(18)16-9-11-19(23)12-10-16;/h3-6,9-12,17H,2,7-8,13-15H2,1H3,(H,25,28)(H2,24,26,27);1H. The molecule has 0 radical (unpaired) electrons. The summed E-state index contributed by atoms with van der Waals surface area (Å²) in [5.41, 5.74) is 3.41. The zero-order chi connectivity index (χ0) is 19.8. The zero-order valence-corrected chi connectivity index (χ0v) is 19.7. The SMILES string of the molecule is CCNC(=NCc1ccccc1-c1ccc(Cl)cc1)NCCNC(=O)C1CC1.I. The van der Waals surface area contributed by atoms with Crippen molar-refractivity contribution in [2.24, 2.45) is 10.9 Å². The first-order valence-corrected chi connectivity index (χ1v) is 10.2. The van der Waals surface area contributed by atoms with Gasteiger partial charge in [0, 0.05) is 30.6 Å². The van der Waals surface area contributed by atoms with Crippen LogP contribution in [0, 0.1) is 5.92 Å². The summed E-state index contributed by atoms with van der Waals surface area (Å²) in [5.74, 6) is 1.15. The number of nitrogens with zero attached hydrogens (tertiary/aromatic N) is 1. The summed E-state index contributed by atoms with van der Waals surface area (Å²) in [5, 5.41) is 10.2. The molecule has 1 amide bonds. The van der Waals surface area contributed by atoms with Gasteiger partial charge in [-0.2, -0.15) is 0 Å². The van der Waals surface area contributed by atoms with Gasteiger partial charge in [0.2, 0.25) is 5.91 Å². The van der Waals surface area contributed by atoms with E-state index in [9.17, 15) is 4.79 Å². The maximum Gasteiger partial charge on any atom is 0.223 e. The fourth-order valence-corrected chi connectivity index (χ4v) is 3.06. The molecule has 2 aromatic rings. The van der Waals surface area contributed by atoms with E-state index >= 15 is 0 Å². The van der Waals surface area contributed by atoms with Gasteiger partial charge in [-0.1, -0.05) is 48.0 Å². The molecule has 3 N–H and O–H groups in total. The van der Waals surface area contributed by atoms with Crippen molar-refractivity contribution in [1.82, 2.24) is 16.0 Å². The van der Waals surface area contributed by atoms with Gasteiger partial charge in [0.15, 0.2) is 5.96 Å². The second-order valence-corrected chi connectivity index (χ2v) is 7.29. The number of halogens is 2. The molecule has 5 nitrogen and oxygen atoms in total. The summed E-state index contributed by atoms with van der Waals surface area (Å²) in [4.78, 5) is 16.4. The van der Waals surface area contributed by atoms with Crippen LogP contribution >= 0.6 is 35.6 Å². The van der Waals surface area contributed by atoms with Crippen LogP contribution in [-0.2, 0) is 11.3 Å². The molecule has 29 heavy (non-hydrogen) atoms. The number of hydrogen-bond acceptors (Lipinski definition) is 2. The highest BCUT2D eigenvalue weighted by atomic mass is 127. The smallest absolute Gasteiger partial charge is 0.223 e. The van der Waals surface area contributed by atoms with Crippen molar-refractivity contribution in [3.8, 4) is 11.1 Å². The van der Waals surface area contributed by atoms with Crippen LogP contribution in [0.15, 0.2) is 53.5 Å². The molecule has 0 heterocycles. The first kappa shape index (κ1) is 23.5. The van der Waals surface area contributed by atoms with Gasteiger partial charge >= 0.3 is 0 Å². The molecule has 0 spiro atoms. The van der Waals surface area contributed by atoms with Crippen LogP contribution < -0.4 is 16.0 Å². The van der Waals surface area contributed by atoms with E-state index < -0.39 is 0 Å². The van der Waals surface area contributed by atoms with Gasteiger partial charge in [-0.15, -0.1) is 24.0 Å². The van der Waals surface area contributed by atoms with Crippen molar-refractivity contribution in [1.29, 1.82) is 0 Å². The van der Waals surface area contributed by atoms with Gasteiger partial charge in [0.1, 0.15) is 0 Å². The summed E-state index contributed by atoms with van der Waals surface area (Å²) in [7, 11) is 0. The highest BCUT2D eigenvalue weighted by Crippen LogP contribution is 2.28. The Bertz CT molecular complexity index is 822. The number of hydrogen-bond donors (Lipinski definition) is 3. The van der Waals surface area contributed by atoms with Crippen LogP contribution in [0.2, 0.25) is 5.02 Å². The lowest BCUT2D eigenvalue weighted by Gasteiger charge is -2.13. The number of benzene rings is 2. The van der Waals surface area contributed by atoms with Gasteiger partial charge in [0.25, 0.3) is 0 Å². The number of amides is 1. The fourth-order valence-electron chi connectivity index (χ4n) is 2.93. The minimum Gasteiger partial charge on any atom is -0.357 e. The topological polar surface area (TPSA) is 65.5 Å². The summed E-state index contributed by atoms with van der Waals surface area (Å²) in [6, 6.07) is 16.1. The second kappa shape index (κ2) is 12.0. The molecule has 7 heteroatoms. The van der Waals surface area contributed by atoms with E-state index in [4.69, 9.17) is 16.6 Å². The molecule has 3 rings (SSSR count). The van der Waals surface area contributed by atoms with Gasteiger partial charge in [-0.05, 0) is 48.6 Å². The zero-order valence-electron chi connectivity index (χ0n) is 16.6. The van der Waals surface area contributed by atoms with Gasteiger partial charge in [-0.3, -0.25) is 4.79 Å². The van der Waals surface area contributed by atoms with E-state index in [1.807, 2.05) is 43.3 Å². The lowest BCUT2D eigenvalue weighted by atomic mass is 10.00. The molecule has 0 unspecified atom stereocenters. The summed E-state index contributed by atoms with van der Waals surface area (Å²) >= 11 is 6.01. The molecular weight excluding hydrogens is 499 g/mol. The minimum atomic E-state index is 0. The maximum atomic E-state index is 11.7. The Kier molecular flexibility index (Phi) is 9.73. The van der Waals surface area contributed by atoms with Crippen LogP contribution in [0.4, 0.5) is 0 Å². The summed E-state index contributed by atoms with van der Waals surface area (Å²) < 4.78 is 0. The normalized spacial score (nSPS) is 13.4. The Morgan fingerprint density at radius 3 is 2.41 bits per heavy atom. The first-order chi connectivity index (χ1) is 13.7. The van der Waals surface area contributed by atoms with Crippen molar-refractivity contribution in [2.45, 2.75) is 26.3 Å². The van der Waals surface area contributed by atoms with Crippen molar-refractivity contribution in [2.75, 3.05) is 19.6 Å². The summed E-state index contributed by atoms with van der Waals surface area (Å²) in [6.45, 7) is 4.61. The van der Waals surface area contributed by atoms with E-state index in [1.165, 1.54) is 0 Å². The molecule has 156 valence electrons. The number of rotatable bonds is 8. The van der Waals surface area contributed by atoms with Gasteiger partial charge in [0.05, 0.1) is 6.54 Å². The molecule has 0 atom stereocenters. The third-order valence-corrected chi connectivity index (χ3v) is 4.84. The van der Waals surface area contributed by atoms with Crippen LogP contribution in [0.25, 0.3) is 11.1 Å². The maximum absolute atomic E-state index is 11.7. The molecule has 1 fully saturated rings. The highest BCUT2D eigenvalue weighted by Gasteiger charge is 2.28. The minimum absolute atomic E-state index is 0. The largest absolute Gasteiger partial charge is 0.357 e. The molecule has 1 aliphatic carbocycles. The van der Waals surface area contributed by atoms with E-state index in [1.54, 1.807) is 0 Å². The van der Waals surface area contributed by atoms with Crippen LogP contribution in [0.1, 0.15) is 25.3 Å². The average molecular weight is 527 g/mol. The Balaban J connectivity index is 0.00000300. The predicted octanol–water partition coefficient (Wildman–Crippen LogP) is 4.21. The van der Waals surface area contributed by atoms with E-state index in [-0.39, 0.29) is 35.8 Å². The van der Waals surface area contributed by atoms with Crippen molar-refractivity contribution >= 4 is 47.4 Å². The van der Waals surface area contributed by atoms with Gasteiger partial charge in [-0.25, -0.2) is 4.99 Å². The number of guanidine groups is 1. The average Bonchev–Trinajstić information content (AvgIpc) is 3.55. The second-order valence-electron chi connectivity index (χ2n) is 6.85. The lowest BCUT2D eigenvalue weighted by Crippen LogP contribution is -2.41. The quantitative estimate of drug-likeness (QED) is 0.209. The van der Waals surface area contributed by atoms with Gasteiger partial charge < -0.3 is 16.0 Å².